The molecule has 21 heavy (non-hydrogen) atoms. The number of likely N-dealkylation sites (N-methyl/N-ethyl adjacent to an activating group) is 1. The highest BCUT2D eigenvalue weighted by molar-refractivity contribution is 6.09. The van der Waals surface area contributed by atoms with Gasteiger partial charge in [-0.2, -0.15) is 0 Å². The zero-order chi connectivity index (χ0) is 15.9. The quantitative estimate of drug-likeness (QED) is 0.564. The summed E-state index contributed by atoms with van der Waals surface area (Å²) >= 11 is 0. The lowest BCUT2D eigenvalue weighted by Crippen LogP contribution is -2.59. The van der Waals surface area contributed by atoms with E-state index in [0.717, 1.165) is 6.42 Å². The minimum Gasteiger partial charge on any atom is -0.468 e. The number of hydrogen-bond donors (Lipinski definition) is 0. The number of rotatable bonds is 3. The lowest BCUT2D eigenvalue weighted by atomic mass is 9.67. The van der Waals surface area contributed by atoms with Crippen LogP contribution >= 0.6 is 0 Å². The Morgan fingerprint density at radius 1 is 1.19 bits per heavy atom. The third kappa shape index (κ3) is 1.85. The molecule has 3 unspecified atom stereocenters. The van der Waals surface area contributed by atoms with Crippen LogP contribution in [0.2, 0.25) is 0 Å². The fourth-order valence-electron chi connectivity index (χ4n) is 4.01. The first-order valence-corrected chi connectivity index (χ1v) is 6.94. The van der Waals surface area contributed by atoms with Gasteiger partial charge in [0.1, 0.15) is 0 Å². The number of ketones is 1. The van der Waals surface area contributed by atoms with E-state index in [0.29, 0.717) is 17.6 Å². The number of fused-ring (bicyclic) bond motifs is 2. The van der Waals surface area contributed by atoms with E-state index < -0.39 is 17.4 Å². The summed E-state index contributed by atoms with van der Waals surface area (Å²) in [6.45, 7) is 3.05. The Labute approximate surface area is 124 Å². The minimum absolute atomic E-state index is 0.111. The fraction of sp³-hybridized carbons (Fsp3) is 0.667. The topological polar surface area (TPSA) is 72.9 Å². The van der Waals surface area contributed by atoms with Gasteiger partial charge in [0.25, 0.3) is 0 Å². The Hall–Kier alpha value is -1.69. The largest absolute Gasteiger partial charge is 0.468 e. The molecular formula is C15H21NO5. The lowest BCUT2D eigenvalue weighted by Gasteiger charge is -2.45. The summed E-state index contributed by atoms with van der Waals surface area (Å²) in [6, 6.07) is -0.388. The molecule has 1 saturated heterocycles. The van der Waals surface area contributed by atoms with Crippen LogP contribution in [0.5, 0.6) is 0 Å². The average molecular weight is 295 g/mol. The van der Waals surface area contributed by atoms with Gasteiger partial charge in [0.2, 0.25) is 0 Å². The van der Waals surface area contributed by atoms with Crippen LogP contribution in [0.3, 0.4) is 0 Å². The van der Waals surface area contributed by atoms with Crippen LogP contribution in [0, 0.1) is 5.41 Å². The van der Waals surface area contributed by atoms with E-state index in [1.54, 1.807) is 6.92 Å². The Morgan fingerprint density at radius 3 is 2.29 bits per heavy atom. The Bertz CT molecular complexity index is 538. The van der Waals surface area contributed by atoms with Crippen LogP contribution in [0.1, 0.15) is 26.7 Å². The van der Waals surface area contributed by atoms with Crippen molar-refractivity contribution in [2.24, 2.45) is 5.41 Å². The van der Waals surface area contributed by atoms with Gasteiger partial charge in [-0.05, 0) is 39.3 Å². The van der Waals surface area contributed by atoms with Crippen LogP contribution in [-0.2, 0) is 23.9 Å². The van der Waals surface area contributed by atoms with Crippen LogP contribution in [0.25, 0.3) is 0 Å². The molecule has 0 saturated carbocycles. The molecule has 2 heterocycles. The Kier molecular flexibility index (Phi) is 3.93. The number of methoxy groups -OCH3 is 2. The van der Waals surface area contributed by atoms with Gasteiger partial charge in [-0.3, -0.25) is 14.5 Å². The van der Waals surface area contributed by atoms with E-state index in [4.69, 9.17) is 9.47 Å². The van der Waals surface area contributed by atoms with Crippen LogP contribution in [0.4, 0.5) is 0 Å². The summed E-state index contributed by atoms with van der Waals surface area (Å²) in [7, 11) is 4.40. The minimum atomic E-state index is -1.42. The second-order valence-electron chi connectivity index (χ2n) is 5.66. The molecule has 6 nitrogen and oxygen atoms in total. The van der Waals surface area contributed by atoms with Gasteiger partial charge in [-0.15, -0.1) is 0 Å². The summed E-state index contributed by atoms with van der Waals surface area (Å²) in [5.74, 6) is -1.39. The Morgan fingerprint density at radius 2 is 1.81 bits per heavy atom. The average Bonchev–Trinajstić information content (AvgIpc) is 2.74. The summed E-state index contributed by atoms with van der Waals surface area (Å²) in [5.41, 5.74) is -0.534. The molecule has 2 aliphatic rings. The second kappa shape index (κ2) is 5.26. The number of carbonyl (C=O) groups excluding carboxylic acids is 3. The predicted molar refractivity (Wildman–Crippen MR) is 74.4 cm³/mol. The molecular weight excluding hydrogens is 274 g/mol. The van der Waals surface area contributed by atoms with Gasteiger partial charge in [-0.1, -0.05) is 0 Å². The van der Waals surface area contributed by atoms with Crippen molar-refractivity contribution in [2.45, 2.75) is 38.8 Å². The number of carbonyl (C=O) groups is 3. The molecule has 0 aromatic carbocycles. The maximum absolute atomic E-state index is 12.5. The van der Waals surface area contributed by atoms with Crippen molar-refractivity contribution in [2.75, 3.05) is 21.3 Å². The highest BCUT2D eigenvalue weighted by Crippen LogP contribution is 2.50. The monoisotopic (exact) mass is 295 g/mol. The molecule has 0 aromatic rings. The van der Waals surface area contributed by atoms with Crippen molar-refractivity contribution in [1.29, 1.82) is 0 Å². The van der Waals surface area contributed by atoms with Gasteiger partial charge in [0.05, 0.1) is 19.8 Å². The molecule has 0 aliphatic carbocycles. The van der Waals surface area contributed by atoms with E-state index in [-0.39, 0.29) is 17.9 Å². The molecule has 1 fully saturated rings. The van der Waals surface area contributed by atoms with Crippen molar-refractivity contribution in [1.82, 2.24) is 4.90 Å². The van der Waals surface area contributed by atoms with Gasteiger partial charge < -0.3 is 9.47 Å². The molecule has 6 heteroatoms. The number of Topliss-reactive ketones (excluding diaryl/α,β-unsaturated/α-hetero) is 1. The van der Waals surface area contributed by atoms with Crippen molar-refractivity contribution < 1.29 is 23.9 Å². The van der Waals surface area contributed by atoms with E-state index in [1.807, 2.05) is 11.9 Å². The molecule has 2 rings (SSSR count). The van der Waals surface area contributed by atoms with Crippen LogP contribution < -0.4 is 0 Å². The molecule has 0 spiro atoms. The van der Waals surface area contributed by atoms with E-state index in [1.165, 1.54) is 21.1 Å². The third-order valence-corrected chi connectivity index (χ3v) is 4.99. The second-order valence-corrected chi connectivity index (χ2v) is 5.66. The number of esters is 2. The molecule has 2 aliphatic heterocycles. The van der Waals surface area contributed by atoms with Gasteiger partial charge in [0.15, 0.2) is 11.2 Å². The number of nitrogens with zero attached hydrogens (tertiary/aromatic N) is 1. The highest BCUT2D eigenvalue weighted by Gasteiger charge is 2.62. The standard InChI is InChI=1S/C15H21NO5/c1-8-12(13(18)20-4)10-6-7-11(16(10)3)15(8,9(2)17)14(19)21-5/h10-11H,6-7H2,1-5H3. The predicted octanol–water partition coefficient (Wildman–Crippen LogP) is 0.701. The molecule has 0 amide bonds. The number of hydrogen-bond acceptors (Lipinski definition) is 6. The van der Waals surface area contributed by atoms with Gasteiger partial charge in [-0.25, -0.2) is 4.79 Å². The first-order chi connectivity index (χ1) is 9.83. The van der Waals surface area contributed by atoms with E-state index >= 15 is 0 Å². The van der Waals surface area contributed by atoms with E-state index in [9.17, 15) is 14.4 Å². The fourth-order valence-corrected chi connectivity index (χ4v) is 4.01. The normalized spacial score (nSPS) is 32.0. The van der Waals surface area contributed by atoms with Crippen molar-refractivity contribution in [3.8, 4) is 0 Å². The SMILES string of the molecule is COC(=O)C1=C(C)C(C(C)=O)(C(=O)OC)C2CCC1N2C. The molecule has 116 valence electrons. The molecule has 0 N–H and O–H groups in total. The van der Waals surface area contributed by atoms with Gasteiger partial charge >= 0.3 is 11.9 Å². The zero-order valence-electron chi connectivity index (χ0n) is 13.1. The van der Waals surface area contributed by atoms with Crippen molar-refractivity contribution in [3.63, 3.8) is 0 Å². The summed E-state index contributed by atoms with van der Waals surface area (Å²) in [6.07, 6.45) is 1.38. The maximum atomic E-state index is 12.5. The van der Waals surface area contributed by atoms with Crippen LogP contribution in [-0.4, -0.2) is 56.0 Å². The Balaban J connectivity index is 2.76. The molecule has 2 bridgehead atoms. The van der Waals surface area contributed by atoms with Crippen molar-refractivity contribution in [3.05, 3.63) is 11.1 Å². The van der Waals surface area contributed by atoms with E-state index in [2.05, 4.69) is 0 Å². The summed E-state index contributed by atoms with van der Waals surface area (Å²) < 4.78 is 9.77. The molecule has 0 radical (unpaired) electrons. The molecule has 0 aromatic heterocycles. The van der Waals surface area contributed by atoms with Crippen LogP contribution in [0.15, 0.2) is 11.1 Å². The third-order valence-electron chi connectivity index (χ3n) is 4.99. The first-order valence-electron chi connectivity index (χ1n) is 6.94. The maximum Gasteiger partial charge on any atom is 0.335 e. The summed E-state index contributed by atoms with van der Waals surface area (Å²) in [4.78, 5) is 39.0. The number of ether oxygens (including phenoxy) is 2. The lowest BCUT2D eigenvalue weighted by molar-refractivity contribution is -0.159. The highest BCUT2D eigenvalue weighted by atomic mass is 16.5. The smallest absolute Gasteiger partial charge is 0.335 e. The molecule has 3 atom stereocenters. The summed E-state index contributed by atoms with van der Waals surface area (Å²) in [5, 5.41) is 0. The first kappa shape index (κ1) is 15.7. The van der Waals surface area contributed by atoms with Gasteiger partial charge in [0, 0.05) is 12.1 Å². The van der Waals surface area contributed by atoms with Crippen molar-refractivity contribution >= 4 is 17.7 Å². The zero-order valence-corrected chi connectivity index (χ0v) is 13.1.